The summed E-state index contributed by atoms with van der Waals surface area (Å²) in [5, 5.41) is 13.0. The second-order valence-electron chi connectivity index (χ2n) is 6.33. The van der Waals surface area contributed by atoms with E-state index in [9.17, 15) is 24.5 Å². The fraction of sp³-hybridized carbons (Fsp3) is 0.526. The number of benzene rings is 1. The summed E-state index contributed by atoms with van der Waals surface area (Å²) in [5.74, 6) is -1.02. The molecule has 30 heavy (non-hydrogen) atoms. The largest absolute Gasteiger partial charge is 0.516 e. The van der Waals surface area contributed by atoms with E-state index >= 15 is 0 Å². The molecule has 11 heteroatoms. The van der Waals surface area contributed by atoms with Gasteiger partial charge in [0, 0.05) is 12.1 Å². The zero-order valence-corrected chi connectivity index (χ0v) is 17.1. The van der Waals surface area contributed by atoms with Crippen molar-refractivity contribution in [3.8, 4) is 5.75 Å². The maximum Gasteiger partial charge on any atom is 0.516 e. The molecule has 0 spiro atoms. The highest BCUT2D eigenvalue weighted by Gasteiger charge is 2.28. The first-order chi connectivity index (χ1) is 14.3. The highest BCUT2D eigenvalue weighted by molar-refractivity contribution is 5.81. The van der Waals surface area contributed by atoms with Crippen LogP contribution in [0.15, 0.2) is 24.3 Å². The summed E-state index contributed by atoms with van der Waals surface area (Å²) in [6.45, 7) is 5.05. The van der Waals surface area contributed by atoms with Crippen LogP contribution in [0.4, 0.5) is 15.3 Å². The number of nitrogens with one attached hydrogen (secondary N) is 1. The molecule has 0 fully saturated rings. The van der Waals surface area contributed by atoms with Crippen LogP contribution in [-0.2, 0) is 19.0 Å². The van der Waals surface area contributed by atoms with E-state index in [4.69, 9.17) is 14.2 Å². The van der Waals surface area contributed by atoms with Crippen molar-refractivity contribution in [3.05, 3.63) is 34.4 Å². The minimum Gasteiger partial charge on any atom is -0.450 e. The predicted molar refractivity (Wildman–Crippen MR) is 104 cm³/mol. The van der Waals surface area contributed by atoms with Crippen LogP contribution in [0.5, 0.6) is 5.75 Å². The minimum atomic E-state index is -1.16. The summed E-state index contributed by atoms with van der Waals surface area (Å²) in [4.78, 5) is 45.7. The van der Waals surface area contributed by atoms with E-state index in [1.807, 2.05) is 13.8 Å². The van der Waals surface area contributed by atoms with Gasteiger partial charge in [0.05, 0.1) is 11.5 Å². The molecule has 1 rings (SSSR count). The van der Waals surface area contributed by atoms with E-state index in [0.29, 0.717) is 12.8 Å². The second kappa shape index (κ2) is 13.0. The summed E-state index contributed by atoms with van der Waals surface area (Å²) in [6.07, 6.45) is 0.249. The van der Waals surface area contributed by atoms with E-state index in [0.717, 1.165) is 18.6 Å². The summed E-state index contributed by atoms with van der Waals surface area (Å²) < 4.78 is 19.4. The fourth-order valence-electron chi connectivity index (χ4n) is 2.13. The number of carbonyl (C=O) groups excluding carboxylic acids is 3. The molecule has 2 atom stereocenters. The van der Waals surface area contributed by atoms with Gasteiger partial charge in [-0.1, -0.05) is 33.6 Å². The number of hydrogen-bond acceptors (Lipinski definition) is 9. The molecule has 0 aromatic heterocycles. The lowest BCUT2D eigenvalue weighted by Gasteiger charge is -2.22. The van der Waals surface area contributed by atoms with Gasteiger partial charge in [-0.15, -0.1) is 0 Å². The highest BCUT2D eigenvalue weighted by Crippen LogP contribution is 2.17. The fourth-order valence-corrected chi connectivity index (χ4v) is 2.13. The molecule has 1 aromatic carbocycles. The standard InChI is InChI=1S/C19H26N2O9/c1-4-6-11-27-18(23)20-16(13(3)5-2)17(22)28-12-29-19(24)30-15-9-7-14(8-10-15)21(25)26/h7-10,13,16H,4-6,11-12H2,1-3H3,(H,20,23). The number of unbranched alkanes of at least 4 members (excludes halogenated alkanes) is 1. The molecule has 0 heterocycles. The molecule has 0 aliphatic carbocycles. The number of nitro groups is 1. The molecular weight excluding hydrogens is 400 g/mol. The lowest BCUT2D eigenvalue weighted by Crippen LogP contribution is -2.46. The van der Waals surface area contributed by atoms with Crippen LogP contribution in [-0.4, -0.2) is 42.6 Å². The molecule has 0 saturated carbocycles. The molecular formula is C19H26N2O9. The number of amides is 1. The van der Waals surface area contributed by atoms with Gasteiger partial charge in [0.25, 0.3) is 5.69 Å². The number of non-ortho nitro benzene ring substituents is 1. The Morgan fingerprint density at radius 2 is 1.77 bits per heavy atom. The van der Waals surface area contributed by atoms with Crippen molar-refractivity contribution in [2.24, 2.45) is 5.92 Å². The molecule has 1 N–H and O–H groups in total. The highest BCUT2D eigenvalue weighted by atomic mass is 16.8. The molecule has 0 bridgehead atoms. The Kier molecular flexibility index (Phi) is 10.7. The van der Waals surface area contributed by atoms with Crippen molar-refractivity contribution < 1.29 is 38.3 Å². The summed E-state index contributed by atoms with van der Waals surface area (Å²) in [6, 6.07) is 3.78. The zero-order valence-electron chi connectivity index (χ0n) is 17.1. The molecule has 0 aliphatic rings. The van der Waals surface area contributed by atoms with E-state index in [1.165, 1.54) is 12.1 Å². The second-order valence-corrected chi connectivity index (χ2v) is 6.33. The van der Waals surface area contributed by atoms with Gasteiger partial charge in [-0.05, 0) is 24.5 Å². The SMILES string of the molecule is CCCCOC(=O)NC(C(=O)OCOC(=O)Oc1ccc([N+](=O)[O-])cc1)C(C)CC. The first-order valence-corrected chi connectivity index (χ1v) is 9.47. The molecule has 2 unspecified atom stereocenters. The van der Waals surface area contributed by atoms with Crippen LogP contribution in [0, 0.1) is 16.0 Å². The van der Waals surface area contributed by atoms with Crippen LogP contribution in [0.3, 0.4) is 0 Å². The Bertz CT molecular complexity index is 721. The van der Waals surface area contributed by atoms with Crippen LogP contribution < -0.4 is 10.1 Å². The first-order valence-electron chi connectivity index (χ1n) is 9.47. The molecule has 11 nitrogen and oxygen atoms in total. The molecule has 1 amide bonds. The zero-order chi connectivity index (χ0) is 22.5. The number of alkyl carbamates (subject to hydrolysis) is 1. The van der Waals surface area contributed by atoms with E-state index in [-0.39, 0.29) is 24.0 Å². The van der Waals surface area contributed by atoms with Gasteiger partial charge < -0.3 is 24.3 Å². The first kappa shape index (κ1) is 24.7. The van der Waals surface area contributed by atoms with Crippen molar-refractivity contribution >= 4 is 23.9 Å². The number of ether oxygens (including phenoxy) is 4. The minimum absolute atomic E-state index is 0.0194. The van der Waals surface area contributed by atoms with Crippen molar-refractivity contribution in [1.82, 2.24) is 5.32 Å². The third kappa shape index (κ3) is 8.76. The predicted octanol–water partition coefficient (Wildman–Crippen LogP) is 3.55. The average molecular weight is 426 g/mol. The molecule has 0 radical (unpaired) electrons. The Labute approximate surface area is 173 Å². The quantitative estimate of drug-likeness (QED) is 0.140. The van der Waals surface area contributed by atoms with Crippen molar-refractivity contribution in [2.75, 3.05) is 13.4 Å². The van der Waals surface area contributed by atoms with Gasteiger partial charge in [-0.25, -0.2) is 14.4 Å². The number of hydrogen-bond donors (Lipinski definition) is 1. The maximum atomic E-state index is 12.3. The Morgan fingerprint density at radius 3 is 2.33 bits per heavy atom. The van der Waals surface area contributed by atoms with Gasteiger partial charge >= 0.3 is 18.2 Å². The number of nitrogens with zero attached hydrogens (tertiary/aromatic N) is 1. The number of rotatable bonds is 11. The molecule has 0 saturated heterocycles. The van der Waals surface area contributed by atoms with E-state index in [1.54, 1.807) is 6.92 Å². The molecule has 0 aliphatic heterocycles. The summed E-state index contributed by atoms with van der Waals surface area (Å²) >= 11 is 0. The third-order valence-electron chi connectivity index (χ3n) is 4.10. The van der Waals surface area contributed by atoms with Gasteiger partial charge in [0.1, 0.15) is 11.8 Å². The number of carbonyl (C=O) groups is 3. The molecule has 1 aromatic rings. The van der Waals surface area contributed by atoms with E-state index in [2.05, 4.69) is 10.1 Å². The number of esters is 1. The Morgan fingerprint density at radius 1 is 1.10 bits per heavy atom. The van der Waals surface area contributed by atoms with Crippen LogP contribution >= 0.6 is 0 Å². The third-order valence-corrected chi connectivity index (χ3v) is 4.10. The summed E-state index contributed by atoms with van der Waals surface area (Å²) in [5.41, 5.74) is -0.165. The van der Waals surface area contributed by atoms with E-state index < -0.39 is 36.0 Å². The van der Waals surface area contributed by atoms with Gasteiger partial charge in [0.15, 0.2) is 0 Å². The number of nitro benzene ring substituents is 1. The monoisotopic (exact) mass is 426 g/mol. The van der Waals surface area contributed by atoms with Gasteiger partial charge in [-0.2, -0.15) is 0 Å². The van der Waals surface area contributed by atoms with Crippen molar-refractivity contribution in [2.45, 2.75) is 46.1 Å². The van der Waals surface area contributed by atoms with Crippen molar-refractivity contribution in [1.29, 1.82) is 0 Å². The van der Waals surface area contributed by atoms with Crippen LogP contribution in [0.25, 0.3) is 0 Å². The van der Waals surface area contributed by atoms with Crippen LogP contribution in [0.1, 0.15) is 40.0 Å². The van der Waals surface area contributed by atoms with Crippen molar-refractivity contribution in [3.63, 3.8) is 0 Å². The Hall–Kier alpha value is -3.37. The summed E-state index contributed by atoms with van der Waals surface area (Å²) in [7, 11) is 0. The molecule has 166 valence electrons. The van der Waals surface area contributed by atoms with Crippen LogP contribution in [0.2, 0.25) is 0 Å². The van der Waals surface area contributed by atoms with Gasteiger partial charge in [0.2, 0.25) is 6.79 Å². The normalized spacial score (nSPS) is 12.2. The average Bonchev–Trinajstić information content (AvgIpc) is 2.71. The Balaban J connectivity index is 2.48. The maximum absolute atomic E-state index is 12.3. The lowest BCUT2D eigenvalue weighted by atomic mass is 9.99. The lowest BCUT2D eigenvalue weighted by molar-refractivity contribution is -0.384. The van der Waals surface area contributed by atoms with Gasteiger partial charge in [-0.3, -0.25) is 10.1 Å². The smallest absolute Gasteiger partial charge is 0.450 e. The topological polar surface area (TPSA) is 143 Å².